The number of unbranched alkanes of at least 4 members (excludes halogenated alkanes) is 12. The van der Waals surface area contributed by atoms with Crippen molar-refractivity contribution in [3.05, 3.63) is 146 Å². The van der Waals surface area contributed by atoms with E-state index in [0.717, 1.165) is 103 Å². The van der Waals surface area contributed by atoms with E-state index in [4.69, 9.17) is 32.3 Å². The number of rotatable bonds is 59. The maximum atomic E-state index is 12.9. The van der Waals surface area contributed by atoms with Gasteiger partial charge in [-0.1, -0.05) is 218 Å². The van der Waals surface area contributed by atoms with Crippen LogP contribution in [0.1, 0.15) is 213 Å². The number of aliphatic hydroxyl groups is 2. The molecule has 494 valence electrons. The molecule has 4 N–H and O–H groups in total. The minimum absolute atomic E-state index is 0.0543. The molecule has 0 aliphatic heterocycles. The van der Waals surface area contributed by atoms with Crippen molar-refractivity contribution in [1.82, 2.24) is 0 Å². The zero-order chi connectivity index (χ0) is 63.8. The summed E-state index contributed by atoms with van der Waals surface area (Å²) in [5.74, 6) is -1.75. The first-order valence-corrected chi connectivity index (χ1v) is 35.1. The molecule has 0 saturated carbocycles. The number of esters is 3. The molecule has 5 atom stereocenters. The second-order valence-electron chi connectivity index (χ2n) is 20.8. The lowest BCUT2D eigenvalue weighted by Gasteiger charge is -2.21. The largest absolute Gasteiger partial charge is 0.472 e. The van der Waals surface area contributed by atoms with Gasteiger partial charge in [0.1, 0.15) is 25.4 Å². The molecule has 0 aliphatic rings. The fraction of sp³-hybridized carbons (Fsp3) is 0.609. The molecular formula is C69H112O16P2. The number of hydrogen-bond donors (Lipinski definition) is 4. The van der Waals surface area contributed by atoms with Gasteiger partial charge >= 0.3 is 33.6 Å². The highest BCUT2D eigenvalue weighted by Crippen LogP contribution is 2.45. The van der Waals surface area contributed by atoms with Crippen molar-refractivity contribution in [3.8, 4) is 0 Å². The van der Waals surface area contributed by atoms with Crippen LogP contribution in [-0.4, -0.2) is 95.9 Å². The average Bonchev–Trinajstić information content (AvgIpc) is 3.68. The van der Waals surface area contributed by atoms with E-state index in [1.54, 1.807) is 0 Å². The molecule has 0 spiro atoms. The van der Waals surface area contributed by atoms with Crippen LogP contribution in [0.2, 0.25) is 0 Å². The van der Waals surface area contributed by atoms with Crippen LogP contribution in [0.25, 0.3) is 0 Å². The average molecular weight is 1260 g/mol. The molecule has 0 rings (SSSR count). The van der Waals surface area contributed by atoms with Crippen LogP contribution in [-0.2, 0) is 55.8 Å². The molecule has 0 aromatic heterocycles. The lowest BCUT2D eigenvalue weighted by Crippen LogP contribution is -2.30. The predicted octanol–water partition coefficient (Wildman–Crippen LogP) is 17.4. The maximum Gasteiger partial charge on any atom is 0.472 e. The summed E-state index contributed by atoms with van der Waals surface area (Å²) in [4.78, 5) is 58.2. The molecule has 5 unspecified atom stereocenters. The van der Waals surface area contributed by atoms with Crippen LogP contribution >= 0.6 is 15.6 Å². The van der Waals surface area contributed by atoms with Crippen molar-refractivity contribution >= 4 is 33.6 Å². The Labute approximate surface area is 524 Å². The van der Waals surface area contributed by atoms with Gasteiger partial charge in [0.15, 0.2) is 6.10 Å². The number of phosphoric acid groups is 2. The number of allylic oxidation sites excluding steroid dienone is 24. The summed E-state index contributed by atoms with van der Waals surface area (Å²) in [7, 11) is -9.82. The van der Waals surface area contributed by atoms with Crippen molar-refractivity contribution in [2.24, 2.45) is 0 Å². The van der Waals surface area contributed by atoms with Gasteiger partial charge in [-0.3, -0.25) is 32.5 Å². The highest BCUT2D eigenvalue weighted by molar-refractivity contribution is 7.47. The van der Waals surface area contributed by atoms with Crippen LogP contribution in [0.15, 0.2) is 146 Å². The number of phosphoric ester groups is 2. The number of aliphatic hydroxyl groups excluding tert-OH is 2. The summed E-state index contributed by atoms with van der Waals surface area (Å²) in [5.41, 5.74) is 0. The van der Waals surface area contributed by atoms with Gasteiger partial charge < -0.3 is 34.2 Å². The van der Waals surface area contributed by atoms with Crippen molar-refractivity contribution in [2.75, 3.05) is 39.6 Å². The van der Waals surface area contributed by atoms with Crippen LogP contribution in [0, 0.1) is 0 Å². The molecule has 0 aliphatic carbocycles. The Bertz CT molecular complexity index is 2170. The predicted molar refractivity (Wildman–Crippen MR) is 352 cm³/mol. The monoisotopic (exact) mass is 1260 g/mol. The van der Waals surface area contributed by atoms with Gasteiger partial charge in [0.25, 0.3) is 0 Å². The van der Waals surface area contributed by atoms with Gasteiger partial charge in [0.05, 0.1) is 26.4 Å². The molecule has 16 nitrogen and oxygen atoms in total. The van der Waals surface area contributed by atoms with Gasteiger partial charge in [0.2, 0.25) is 0 Å². The Morgan fingerprint density at radius 3 is 1.08 bits per heavy atom. The quantitative estimate of drug-likeness (QED) is 0.0146. The molecule has 0 aromatic carbocycles. The van der Waals surface area contributed by atoms with Crippen molar-refractivity contribution in [2.45, 2.75) is 232 Å². The molecule has 0 aromatic rings. The lowest BCUT2D eigenvalue weighted by molar-refractivity contribution is -0.161. The molecule has 0 bridgehead atoms. The third-order valence-electron chi connectivity index (χ3n) is 12.5. The molecule has 0 heterocycles. The summed E-state index contributed by atoms with van der Waals surface area (Å²) in [6.45, 7) is 2.23. The first kappa shape index (κ1) is 82.4. The normalized spacial score (nSPS) is 15.3. The standard InChI is InChI=1S/C69H112O16P2/c1-4-7-10-13-16-19-22-25-28-30-31-33-36-37-40-43-46-49-52-55-67(72)79-58-64(70)59-81-86(75,76)82-60-65(71)61-83-87(77,78)84-63-66(85-69(74)57-54-51-48-45-42-39-34-27-24-21-18-15-12-9-6-3)62-80-68(73)56-53-50-47-44-41-38-35-32-29-26-23-20-17-14-11-8-5-2/h7-8,10-11,16-17,19-20,25-29,31,33-35,37-38,40,44,46-47,49,64-66,70-71H,4-6,9,12-15,18,21-24,30,32,36,39,41-43,45,48,50-63H2,1-3H3,(H,75,76)(H,77,78)/b10-7-,11-8-,19-16-,20-17-,28-25-,29-26-,33-31-,34-27-,38-35-,40-37-,47-44-,49-46-. The third-order valence-corrected chi connectivity index (χ3v) is 14.4. The number of carbonyl (C=O) groups is 3. The van der Waals surface area contributed by atoms with Gasteiger partial charge in [-0.05, 0) is 122 Å². The molecule has 87 heavy (non-hydrogen) atoms. The second kappa shape index (κ2) is 61.7. The summed E-state index contributed by atoms with van der Waals surface area (Å²) >= 11 is 0. The summed E-state index contributed by atoms with van der Waals surface area (Å²) < 4.78 is 60.6. The first-order valence-electron chi connectivity index (χ1n) is 32.1. The fourth-order valence-electron chi connectivity index (χ4n) is 7.68. The fourth-order valence-corrected chi connectivity index (χ4v) is 9.27. The first-order chi connectivity index (χ1) is 42.2. The van der Waals surface area contributed by atoms with E-state index in [1.165, 1.54) is 38.5 Å². The number of hydrogen-bond acceptors (Lipinski definition) is 14. The van der Waals surface area contributed by atoms with Crippen LogP contribution in [0.5, 0.6) is 0 Å². The molecule has 18 heteroatoms. The number of carbonyl (C=O) groups excluding carboxylic acids is 3. The highest BCUT2D eigenvalue weighted by Gasteiger charge is 2.29. The van der Waals surface area contributed by atoms with Crippen LogP contribution in [0.4, 0.5) is 0 Å². The van der Waals surface area contributed by atoms with Crippen molar-refractivity contribution < 1.29 is 75.8 Å². The Hall–Kier alpha value is -4.57. The van der Waals surface area contributed by atoms with Gasteiger partial charge in [-0.15, -0.1) is 0 Å². The van der Waals surface area contributed by atoms with Crippen molar-refractivity contribution in [3.63, 3.8) is 0 Å². The highest BCUT2D eigenvalue weighted by atomic mass is 31.2. The van der Waals surface area contributed by atoms with E-state index in [2.05, 4.69) is 136 Å². The van der Waals surface area contributed by atoms with Crippen LogP contribution in [0.3, 0.4) is 0 Å². The second-order valence-corrected chi connectivity index (χ2v) is 23.7. The Balaban J connectivity index is 4.82. The van der Waals surface area contributed by atoms with Crippen LogP contribution < -0.4 is 0 Å². The molecule has 0 saturated heterocycles. The maximum absolute atomic E-state index is 12.9. The van der Waals surface area contributed by atoms with E-state index >= 15 is 0 Å². The topological polar surface area (TPSA) is 231 Å². The molecule has 0 radical (unpaired) electrons. The van der Waals surface area contributed by atoms with Gasteiger partial charge in [-0.25, -0.2) is 9.13 Å². The lowest BCUT2D eigenvalue weighted by atomic mass is 10.1. The zero-order valence-electron chi connectivity index (χ0n) is 53.1. The zero-order valence-corrected chi connectivity index (χ0v) is 54.9. The summed E-state index contributed by atoms with van der Waals surface area (Å²) in [6.07, 6.45) is 72.2. The van der Waals surface area contributed by atoms with E-state index < -0.39 is 91.5 Å². The van der Waals surface area contributed by atoms with E-state index in [-0.39, 0.29) is 19.3 Å². The van der Waals surface area contributed by atoms with E-state index in [9.17, 15) is 43.5 Å². The Morgan fingerprint density at radius 2 is 0.644 bits per heavy atom. The third kappa shape index (κ3) is 62.8. The SMILES string of the molecule is CC/C=C\C/C=C\C/C=C\C/C=C\C/C=C\C/C=C\CCC(=O)OCC(O)COP(=O)(O)OCC(O)COP(=O)(O)OCC(COC(=O)CCC/C=C\C/C=C\C/C=C\C/C=C\C/C=C\CC)OC(=O)CCCCCCC/C=C\CCCCCCCC. The van der Waals surface area contributed by atoms with Gasteiger partial charge in [0, 0.05) is 19.3 Å². The Kier molecular flexibility index (Phi) is 58.4. The van der Waals surface area contributed by atoms with Crippen molar-refractivity contribution in [1.29, 1.82) is 0 Å². The minimum Gasteiger partial charge on any atom is -0.463 e. The molecule has 0 fully saturated rings. The summed E-state index contributed by atoms with van der Waals surface area (Å²) in [6, 6.07) is 0. The number of ether oxygens (including phenoxy) is 3. The van der Waals surface area contributed by atoms with E-state index in [1.807, 2.05) is 30.4 Å². The van der Waals surface area contributed by atoms with E-state index in [0.29, 0.717) is 32.1 Å². The Morgan fingerprint density at radius 1 is 0.333 bits per heavy atom. The minimum atomic E-state index is -4.95. The summed E-state index contributed by atoms with van der Waals surface area (Å²) in [5, 5.41) is 20.5. The molecule has 0 amide bonds. The van der Waals surface area contributed by atoms with Gasteiger partial charge in [-0.2, -0.15) is 0 Å². The smallest absolute Gasteiger partial charge is 0.463 e. The molecular weight excluding hydrogens is 1150 g/mol.